The summed E-state index contributed by atoms with van der Waals surface area (Å²) in [5.74, 6) is 0. The van der Waals surface area contributed by atoms with E-state index < -0.39 is 0 Å². The van der Waals surface area contributed by atoms with Crippen LogP contribution in [0.25, 0.3) is 65.6 Å². The first-order valence-corrected chi connectivity index (χ1v) is 16.6. The van der Waals surface area contributed by atoms with E-state index in [1.54, 1.807) is 0 Å². The van der Waals surface area contributed by atoms with Gasteiger partial charge in [-0.25, -0.2) is 0 Å². The number of hydrogen-bond donors (Lipinski definition) is 0. The van der Waals surface area contributed by atoms with E-state index in [0.717, 1.165) is 51.8 Å². The Morgan fingerprint density at radius 1 is 0.587 bits per heavy atom. The minimum absolute atomic E-state index is 0.905. The number of furan rings is 1. The summed E-state index contributed by atoms with van der Waals surface area (Å²) in [5, 5.41) is 6.18. The maximum Gasteiger partial charge on any atom is 0.137 e. The van der Waals surface area contributed by atoms with Gasteiger partial charge in [0.1, 0.15) is 11.2 Å². The van der Waals surface area contributed by atoms with Crippen LogP contribution in [0.5, 0.6) is 0 Å². The summed E-state index contributed by atoms with van der Waals surface area (Å²) in [5.41, 5.74) is 10.4. The number of hydrogen-bond acceptors (Lipinski definition) is 3. The average Bonchev–Trinajstić information content (AvgIpc) is 3.78. The van der Waals surface area contributed by atoms with E-state index in [0.29, 0.717) is 0 Å². The first-order chi connectivity index (χ1) is 22.8. The van der Waals surface area contributed by atoms with Crippen LogP contribution in [0, 0.1) is 0 Å². The fourth-order valence-corrected chi connectivity index (χ4v) is 8.72. The van der Waals surface area contributed by atoms with Crippen LogP contribution in [0.15, 0.2) is 150 Å². The van der Waals surface area contributed by atoms with Gasteiger partial charge in [0.15, 0.2) is 0 Å². The Bertz CT molecular complexity index is 2650. The lowest BCUT2D eigenvalue weighted by atomic mass is 9.97. The van der Waals surface area contributed by atoms with Crippen molar-refractivity contribution in [2.24, 2.45) is 0 Å². The molecule has 1 aliphatic rings. The third-order valence-electron chi connectivity index (χ3n) is 9.50. The van der Waals surface area contributed by atoms with Gasteiger partial charge in [0.25, 0.3) is 0 Å². The average molecular weight is 609 g/mol. The number of rotatable bonds is 4. The van der Waals surface area contributed by atoms with Gasteiger partial charge in [0.05, 0.1) is 22.1 Å². The van der Waals surface area contributed by atoms with Crippen LogP contribution >= 0.6 is 11.3 Å². The lowest BCUT2D eigenvalue weighted by molar-refractivity contribution is 0.669. The number of para-hydroxylation sites is 3. The molecule has 0 saturated carbocycles. The molecular weight excluding hydrogens is 581 g/mol. The predicted octanol–water partition coefficient (Wildman–Crippen LogP) is 12.0. The van der Waals surface area contributed by atoms with Gasteiger partial charge >= 0.3 is 0 Å². The number of aromatic nitrogens is 1. The normalized spacial score (nSPS) is 13.2. The molecule has 0 N–H and O–H groups in total. The van der Waals surface area contributed by atoms with Crippen molar-refractivity contribution in [3.63, 3.8) is 0 Å². The molecular formula is C42H28N2OS. The Kier molecular flexibility index (Phi) is 5.57. The molecule has 1 aliphatic carbocycles. The van der Waals surface area contributed by atoms with E-state index in [2.05, 4.69) is 149 Å². The minimum atomic E-state index is 0.905. The highest BCUT2D eigenvalue weighted by molar-refractivity contribution is 7.20. The highest BCUT2D eigenvalue weighted by Crippen LogP contribution is 2.46. The van der Waals surface area contributed by atoms with Crippen LogP contribution in [0.2, 0.25) is 0 Å². The number of allylic oxidation sites excluding steroid dienone is 1. The number of thiophene rings is 1. The van der Waals surface area contributed by atoms with Crippen LogP contribution in [-0.4, -0.2) is 4.57 Å². The third kappa shape index (κ3) is 3.77. The Morgan fingerprint density at radius 2 is 1.33 bits per heavy atom. The Balaban J connectivity index is 1.27. The zero-order valence-electron chi connectivity index (χ0n) is 25.0. The number of anilines is 2. The zero-order valence-corrected chi connectivity index (χ0v) is 25.8. The molecule has 0 fully saturated rings. The molecule has 3 nitrogen and oxygen atoms in total. The topological polar surface area (TPSA) is 21.3 Å². The fourth-order valence-electron chi connectivity index (χ4n) is 7.50. The summed E-state index contributed by atoms with van der Waals surface area (Å²) >= 11 is 1.90. The lowest BCUT2D eigenvalue weighted by Gasteiger charge is -2.30. The quantitative estimate of drug-likeness (QED) is 0.198. The monoisotopic (exact) mass is 608 g/mol. The molecule has 6 aromatic carbocycles. The molecule has 0 aliphatic heterocycles. The number of fused-ring (bicyclic) bond motifs is 9. The van der Waals surface area contributed by atoms with E-state index in [1.807, 2.05) is 17.4 Å². The second kappa shape index (κ2) is 9.96. The second-order valence-electron chi connectivity index (χ2n) is 12.1. The summed E-state index contributed by atoms with van der Waals surface area (Å²) in [4.78, 5) is 3.85. The van der Waals surface area contributed by atoms with Crippen LogP contribution in [0.3, 0.4) is 0 Å². The first kappa shape index (κ1) is 25.7. The van der Waals surface area contributed by atoms with Gasteiger partial charge in [0.2, 0.25) is 0 Å². The number of aryl methyl sites for hydroxylation is 1. The van der Waals surface area contributed by atoms with Crippen molar-refractivity contribution in [3.8, 4) is 5.69 Å². The largest absolute Gasteiger partial charge is 0.456 e. The first-order valence-electron chi connectivity index (χ1n) is 15.8. The molecule has 46 heavy (non-hydrogen) atoms. The standard InChI is InChI=1S/C42H28N2OS/c1-2-11-27(12-3-1)44-35-16-7-4-13-30(35)31-23-21-28(25-37(31)44)43(29-22-24-33-32-14-6-9-20-40(32)46-41(33)26-29)36-17-10-19-39-42(36)34-15-5-8-18-38(34)45-39/h1-21,23,25-26H,22,24H2. The molecule has 3 heterocycles. The molecule has 0 saturated heterocycles. The predicted molar refractivity (Wildman–Crippen MR) is 195 cm³/mol. The van der Waals surface area contributed by atoms with Crippen molar-refractivity contribution in [1.82, 2.24) is 4.57 Å². The van der Waals surface area contributed by atoms with Crippen molar-refractivity contribution in [2.45, 2.75) is 12.8 Å². The van der Waals surface area contributed by atoms with Crippen LogP contribution in [0.4, 0.5) is 11.4 Å². The molecule has 3 aromatic heterocycles. The summed E-state index contributed by atoms with van der Waals surface area (Å²) in [6.45, 7) is 0. The maximum atomic E-state index is 6.40. The molecule has 0 unspecified atom stereocenters. The SMILES string of the molecule is C1=C(N(c2ccc3c4ccccc4n(-c4ccccc4)c3c2)c2cccc3oc4ccccc4c23)CCc2c1sc1ccccc21. The Morgan fingerprint density at radius 3 is 2.24 bits per heavy atom. The van der Waals surface area contributed by atoms with Crippen molar-refractivity contribution in [2.75, 3.05) is 4.90 Å². The molecule has 9 aromatic rings. The van der Waals surface area contributed by atoms with Gasteiger partial charge in [-0.1, -0.05) is 84.9 Å². The summed E-state index contributed by atoms with van der Waals surface area (Å²) < 4.78 is 10.2. The molecule has 4 heteroatoms. The molecule has 0 spiro atoms. The Labute approximate surface area is 269 Å². The minimum Gasteiger partial charge on any atom is -0.456 e. The van der Waals surface area contributed by atoms with Crippen LogP contribution < -0.4 is 4.90 Å². The Hall–Kier alpha value is -5.58. The summed E-state index contributed by atoms with van der Waals surface area (Å²) in [6, 6.07) is 50.1. The van der Waals surface area contributed by atoms with Gasteiger partial charge in [-0.2, -0.15) is 0 Å². The smallest absolute Gasteiger partial charge is 0.137 e. The third-order valence-corrected chi connectivity index (χ3v) is 10.7. The van der Waals surface area contributed by atoms with Gasteiger partial charge < -0.3 is 13.9 Å². The maximum absolute atomic E-state index is 6.40. The molecule has 0 radical (unpaired) electrons. The van der Waals surface area contributed by atoms with E-state index in [4.69, 9.17) is 4.42 Å². The fraction of sp³-hybridized carbons (Fsp3) is 0.0476. The summed E-state index contributed by atoms with van der Waals surface area (Å²) in [6.07, 6.45) is 4.39. The van der Waals surface area contributed by atoms with Crippen molar-refractivity contribution in [1.29, 1.82) is 0 Å². The van der Waals surface area contributed by atoms with E-state index in [1.165, 1.54) is 48.0 Å². The second-order valence-corrected chi connectivity index (χ2v) is 13.1. The van der Waals surface area contributed by atoms with Crippen LogP contribution in [-0.2, 0) is 6.42 Å². The van der Waals surface area contributed by atoms with E-state index in [-0.39, 0.29) is 0 Å². The van der Waals surface area contributed by atoms with Crippen LogP contribution in [0.1, 0.15) is 16.9 Å². The van der Waals surface area contributed by atoms with Crippen molar-refractivity contribution in [3.05, 3.63) is 156 Å². The van der Waals surface area contributed by atoms with E-state index >= 15 is 0 Å². The van der Waals surface area contributed by atoms with Gasteiger partial charge in [-0.3, -0.25) is 0 Å². The molecule has 10 rings (SSSR count). The zero-order chi connectivity index (χ0) is 30.2. The lowest BCUT2D eigenvalue weighted by Crippen LogP contribution is -2.19. The molecule has 218 valence electrons. The number of benzene rings is 6. The number of nitrogens with zero attached hydrogens (tertiary/aromatic N) is 2. The highest BCUT2D eigenvalue weighted by Gasteiger charge is 2.25. The summed E-state index contributed by atoms with van der Waals surface area (Å²) in [7, 11) is 0. The van der Waals surface area contributed by atoms with Gasteiger partial charge in [0, 0.05) is 42.8 Å². The van der Waals surface area contributed by atoms with E-state index in [9.17, 15) is 0 Å². The van der Waals surface area contributed by atoms with Gasteiger partial charge in [-0.15, -0.1) is 11.3 Å². The van der Waals surface area contributed by atoms with Crippen molar-refractivity contribution >= 4 is 82.6 Å². The molecule has 0 bridgehead atoms. The highest BCUT2D eigenvalue weighted by atomic mass is 32.1. The molecule has 0 atom stereocenters. The van der Waals surface area contributed by atoms with Gasteiger partial charge in [-0.05, 0) is 84.5 Å². The van der Waals surface area contributed by atoms with Crippen molar-refractivity contribution < 1.29 is 4.42 Å². The molecule has 0 amide bonds.